The van der Waals surface area contributed by atoms with Crippen LogP contribution in [-0.2, 0) is 0 Å². The summed E-state index contributed by atoms with van der Waals surface area (Å²) in [4.78, 5) is 11.0. The van der Waals surface area contributed by atoms with E-state index in [4.69, 9.17) is 16.7 Å². The van der Waals surface area contributed by atoms with Gasteiger partial charge in [-0.3, -0.25) is 0 Å². The fraction of sp³-hybridized carbons (Fsp3) is 0.250. The fourth-order valence-corrected chi connectivity index (χ4v) is 2.54. The number of aromatic carboxylic acids is 1. The highest BCUT2D eigenvalue weighted by Crippen LogP contribution is 2.13. The summed E-state index contributed by atoms with van der Waals surface area (Å²) >= 11 is 7.06. The topological polar surface area (TPSA) is 37.3 Å². The molecule has 0 unspecified atom stereocenters. The van der Waals surface area contributed by atoms with E-state index in [2.05, 4.69) is 6.58 Å². The van der Waals surface area contributed by atoms with Gasteiger partial charge >= 0.3 is 5.97 Å². The molecule has 0 radical (unpaired) electrons. The Labute approximate surface area is 104 Å². The molecule has 0 spiro atoms. The molecule has 0 atom stereocenters. The van der Waals surface area contributed by atoms with Gasteiger partial charge in [0.25, 0.3) is 0 Å². The maximum atomic E-state index is 10.8. The Hall–Kier alpha value is -1.06. The van der Waals surface area contributed by atoms with Crippen molar-refractivity contribution in [2.24, 2.45) is 0 Å². The molecule has 1 heterocycles. The molecule has 16 heavy (non-hydrogen) atoms. The summed E-state index contributed by atoms with van der Waals surface area (Å²) in [7, 11) is 0. The van der Waals surface area contributed by atoms with Crippen molar-refractivity contribution in [3.63, 3.8) is 0 Å². The van der Waals surface area contributed by atoms with Crippen LogP contribution in [0.5, 0.6) is 0 Å². The molecule has 4 heteroatoms. The van der Waals surface area contributed by atoms with Gasteiger partial charge in [0.05, 0.1) is 5.02 Å². The summed E-state index contributed by atoms with van der Waals surface area (Å²) in [5.74, 6) is -0.994. The maximum Gasteiger partial charge on any atom is 0.347 e. The second-order valence-corrected chi connectivity index (χ2v) is 3.95. The van der Waals surface area contributed by atoms with E-state index in [0.717, 1.165) is 21.1 Å². The van der Waals surface area contributed by atoms with E-state index >= 15 is 0 Å². The first-order chi connectivity index (χ1) is 7.61. The van der Waals surface area contributed by atoms with Crippen LogP contribution in [0.2, 0.25) is 5.02 Å². The summed E-state index contributed by atoms with van der Waals surface area (Å²) in [5, 5.41) is 9.90. The third kappa shape index (κ3) is 3.22. The number of carboxylic acid groups (broad SMARTS) is 1. The molecule has 88 valence electrons. The van der Waals surface area contributed by atoms with Crippen molar-refractivity contribution in [1.82, 2.24) is 0 Å². The first-order valence-electron chi connectivity index (χ1n) is 4.92. The summed E-state index contributed by atoms with van der Waals surface area (Å²) in [6, 6.07) is 0. The second kappa shape index (κ2) is 7.25. The zero-order valence-corrected chi connectivity index (χ0v) is 11.2. The first-order valence-corrected chi connectivity index (χ1v) is 6.12. The van der Waals surface area contributed by atoms with Gasteiger partial charge in [0.2, 0.25) is 0 Å². The number of allylic oxidation sites excluding steroid dienone is 1. The smallest absolute Gasteiger partial charge is 0.347 e. The van der Waals surface area contributed by atoms with E-state index in [1.165, 1.54) is 0 Å². The van der Waals surface area contributed by atoms with Gasteiger partial charge in [-0.15, -0.1) is 11.3 Å². The van der Waals surface area contributed by atoms with Gasteiger partial charge in [-0.25, -0.2) is 4.79 Å². The van der Waals surface area contributed by atoms with Crippen molar-refractivity contribution in [3.8, 4) is 0 Å². The van der Waals surface area contributed by atoms with Gasteiger partial charge in [0.15, 0.2) is 0 Å². The Morgan fingerprint density at radius 2 is 2.06 bits per heavy atom. The minimum atomic E-state index is -0.994. The lowest BCUT2D eigenvalue weighted by Crippen LogP contribution is -2.17. The molecule has 0 fully saturated rings. The van der Waals surface area contributed by atoms with Crippen molar-refractivity contribution in [2.75, 3.05) is 0 Å². The lowest BCUT2D eigenvalue weighted by atomic mass is 10.3. The quantitative estimate of drug-likeness (QED) is 0.886. The van der Waals surface area contributed by atoms with Crippen molar-refractivity contribution in [3.05, 3.63) is 32.3 Å². The van der Waals surface area contributed by atoms with E-state index in [9.17, 15) is 4.79 Å². The van der Waals surface area contributed by atoms with Crippen molar-refractivity contribution in [1.29, 1.82) is 0 Å². The number of hydrogen-bond acceptors (Lipinski definition) is 2. The second-order valence-electron chi connectivity index (χ2n) is 2.52. The molecule has 2 nitrogen and oxygen atoms in total. The molecule has 1 aromatic rings. The minimum Gasteiger partial charge on any atom is -0.477 e. The predicted molar refractivity (Wildman–Crippen MR) is 71.7 cm³/mol. The molecule has 1 aromatic heterocycles. The van der Waals surface area contributed by atoms with Crippen LogP contribution < -0.4 is 9.75 Å². The molecule has 0 aliphatic rings. The Kier molecular flexibility index (Phi) is 6.77. The highest BCUT2D eigenvalue weighted by molar-refractivity contribution is 7.12. The Bertz CT molecular complexity index is 486. The van der Waals surface area contributed by atoms with E-state index in [1.54, 1.807) is 18.2 Å². The number of thiophene rings is 1. The van der Waals surface area contributed by atoms with Gasteiger partial charge in [0.1, 0.15) is 4.88 Å². The number of carboxylic acids is 1. The predicted octanol–water partition coefficient (Wildman–Crippen LogP) is 2.89. The zero-order valence-electron chi connectivity index (χ0n) is 9.58. The highest BCUT2D eigenvalue weighted by atomic mass is 35.5. The highest BCUT2D eigenvalue weighted by Gasteiger charge is 2.12. The standard InChI is InChI=1S/C10H9ClO2S.C2H6/c1-3-5-7-6(4-2)8(11)9(14-7)10(12)13;1-2/h3-5H,1H2,2H3,(H,12,13);1-2H3/b6-4+,7-5+;. The molecule has 1 N–H and O–H groups in total. The summed E-state index contributed by atoms with van der Waals surface area (Å²) in [6.45, 7) is 9.38. The van der Waals surface area contributed by atoms with E-state index in [0.29, 0.717) is 5.02 Å². The van der Waals surface area contributed by atoms with E-state index in [-0.39, 0.29) is 4.88 Å². The lowest BCUT2D eigenvalue weighted by Gasteiger charge is -1.85. The number of rotatable bonds is 2. The van der Waals surface area contributed by atoms with Crippen LogP contribution in [0.15, 0.2) is 12.7 Å². The summed E-state index contributed by atoms with van der Waals surface area (Å²) in [6.07, 6.45) is 5.15. The van der Waals surface area contributed by atoms with Crippen LogP contribution in [0.25, 0.3) is 12.2 Å². The number of hydrogen-bond donors (Lipinski definition) is 1. The molecule has 0 saturated heterocycles. The summed E-state index contributed by atoms with van der Waals surface area (Å²) < 4.78 is 0.824. The Balaban J connectivity index is 0.00000106. The lowest BCUT2D eigenvalue weighted by molar-refractivity contribution is 0.0702. The van der Waals surface area contributed by atoms with Gasteiger partial charge < -0.3 is 5.11 Å². The van der Waals surface area contributed by atoms with Gasteiger partial charge in [0, 0.05) is 9.75 Å². The van der Waals surface area contributed by atoms with Gasteiger partial charge in [-0.2, -0.15) is 0 Å². The van der Waals surface area contributed by atoms with E-state index in [1.807, 2.05) is 20.8 Å². The SMILES string of the molecule is C=C/C=c1/sc(C(=O)O)c(Cl)/c1=C/C.CC. The maximum absolute atomic E-state index is 10.8. The minimum absolute atomic E-state index is 0.174. The number of halogens is 1. The van der Waals surface area contributed by atoms with Crippen LogP contribution in [0.1, 0.15) is 30.4 Å². The van der Waals surface area contributed by atoms with Crippen molar-refractivity contribution >= 4 is 41.1 Å². The van der Waals surface area contributed by atoms with E-state index < -0.39 is 5.97 Å². The van der Waals surface area contributed by atoms with Crippen LogP contribution in [-0.4, -0.2) is 11.1 Å². The van der Waals surface area contributed by atoms with Gasteiger partial charge in [-0.1, -0.05) is 44.2 Å². The van der Waals surface area contributed by atoms with Gasteiger partial charge in [-0.05, 0) is 13.0 Å². The average Bonchev–Trinajstić information content (AvgIpc) is 2.59. The molecule has 0 amide bonds. The third-order valence-electron chi connectivity index (χ3n) is 1.67. The molecule has 0 bridgehead atoms. The molecule has 1 rings (SSSR count). The molecule has 0 aliphatic heterocycles. The normalized spacial score (nSPS) is 12.0. The fourth-order valence-electron chi connectivity index (χ4n) is 1.08. The monoisotopic (exact) mass is 258 g/mol. The summed E-state index contributed by atoms with van der Waals surface area (Å²) in [5.41, 5.74) is 0. The molecule has 0 saturated carbocycles. The largest absolute Gasteiger partial charge is 0.477 e. The molecule has 0 aromatic carbocycles. The van der Waals surface area contributed by atoms with Crippen molar-refractivity contribution < 1.29 is 9.90 Å². The Morgan fingerprint density at radius 3 is 2.44 bits per heavy atom. The molecular weight excluding hydrogens is 244 g/mol. The van der Waals surface area contributed by atoms with Crippen molar-refractivity contribution in [2.45, 2.75) is 20.8 Å². The van der Waals surface area contributed by atoms with Crippen LogP contribution >= 0.6 is 22.9 Å². The van der Waals surface area contributed by atoms with Crippen LogP contribution in [0.3, 0.4) is 0 Å². The first kappa shape index (κ1) is 14.9. The Morgan fingerprint density at radius 1 is 1.50 bits per heavy atom. The van der Waals surface area contributed by atoms with Crippen LogP contribution in [0.4, 0.5) is 0 Å². The zero-order chi connectivity index (χ0) is 12.7. The van der Waals surface area contributed by atoms with Crippen LogP contribution in [0, 0.1) is 0 Å². The molecular formula is C12H15ClO2S. The number of carbonyl (C=O) groups is 1. The average molecular weight is 259 g/mol. The molecule has 0 aliphatic carbocycles. The third-order valence-corrected chi connectivity index (χ3v) is 3.33.